The number of hydrogen-bond donors (Lipinski definition) is 0. The lowest BCUT2D eigenvalue weighted by atomic mass is 10.2. The first kappa shape index (κ1) is 11.9. The van der Waals surface area contributed by atoms with Gasteiger partial charge in [0.25, 0.3) is 0 Å². The SMILES string of the molecule is COC(=O)C(C)CSc1nnc2ccccn12. The van der Waals surface area contributed by atoms with E-state index in [0.29, 0.717) is 5.75 Å². The Morgan fingerprint density at radius 3 is 3.12 bits per heavy atom. The second-order valence-corrected chi connectivity index (χ2v) is 4.63. The molecule has 2 heterocycles. The van der Waals surface area contributed by atoms with Gasteiger partial charge in [-0.1, -0.05) is 24.8 Å². The van der Waals surface area contributed by atoms with E-state index in [9.17, 15) is 4.79 Å². The van der Waals surface area contributed by atoms with E-state index in [-0.39, 0.29) is 11.9 Å². The molecule has 5 nitrogen and oxygen atoms in total. The van der Waals surface area contributed by atoms with Crippen LogP contribution in [0.3, 0.4) is 0 Å². The van der Waals surface area contributed by atoms with Crippen LogP contribution < -0.4 is 0 Å². The summed E-state index contributed by atoms with van der Waals surface area (Å²) in [5, 5.41) is 8.90. The van der Waals surface area contributed by atoms with Gasteiger partial charge in [-0.05, 0) is 12.1 Å². The number of carbonyl (C=O) groups excluding carboxylic acids is 1. The highest BCUT2D eigenvalue weighted by atomic mass is 32.2. The van der Waals surface area contributed by atoms with Crippen LogP contribution in [-0.2, 0) is 9.53 Å². The van der Waals surface area contributed by atoms with Gasteiger partial charge in [-0.15, -0.1) is 10.2 Å². The van der Waals surface area contributed by atoms with Gasteiger partial charge in [0.1, 0.15) is 0 Å². The van der Waals surface area contributed by atoms with Crippen LogP contribution in [0.1, 0.15) is 6.92 Å². The highest BCUT2D eigenvalue weighted by molar-refractivity contribution is 7.99. The molecule has 0 amide bonds. The molecule has 0 N–H and O–H groups in total. The van der Waals surface area contributed by atoms with Crippen molar-refractivity contribution >= 4 is 23.4 Å². The Balaban J connectivity index is 2.07. The van der Waals surface area contributed by atoms with Gasteiger partial charge in [0.15, 0.2) is 10.8 Å². The van der Waals surface area contributed by atoms with Gasteiger partial charge in [-0.25, -0.2) is 0 Å². The molecule has 0 saturated heterocycles. The largest absolute Gasteiger partial charge is 0.469 e. The molecule has 0 aliphatic heterocycles. The number of esters is 1. The molecule has 0 bridgehead atoms. The van der Waals surface area contributed by atoms with E-state index < -0.39 is 0 Å². The first-order valence-corrected chi connectivity index (χ1v) is 6.21. The first-order chi connectivity index (χ1) is 8.22. The number of thioether (sulfide) groups is 1. The highest BCUT2D eigenvalue weighted by Crippen LogP contribution is 2.19. The van der Waals surface area contributed by atoms with E-state index in [1.54, 1.807) is 0 Å². The van der Waals surface area contributed by atoms with Gasteiger partial charge in [-0.3, -0.25) is 9.20 Å². The van der Waals surface area contributed by atoms with Crippen molar-refractivity contribution < 1.29 is 9.53 Å². The Morgan fingerprint density at radius 1 is 1.53 bits per heavy atom. The molecule has 2 rings (SSSR count). The molecule has 90 valence electrons. The van der Waals surface area contributed by atoms with E-state index in [1.165, 1.54) is 18.9 Å². The third-order valence-electron chi connectivity index (χ3n) is 2.35. The van der Waals surface area contributed by atoms with E-state index in [1.807, 2.05) is 35.7 Å². The Labute approximate surface area is 103 Å². The summed E-state index contributed by atoms with van der Waals surface area (Å²) in [6.07, 6.45) is 1.90. The van der Waals surface area contributed by atoms with Crippen LogP contribution in [0.5, 0.6) is 0 Å². The predicted molar refractivity (Wildman–Crippen MR) is 64.9 cm³/mol. The average Bonchev–Trinajstić information content (AvgIpc) is 2.78. The standard InChI is InChI=1S/C11H13N3O2S/c1-8(10(15)16-2)7-17-11-13-12-9-5-3-4-6-14(9)11/h3-6,8H,7H2,1-2H3. The monoisotopic (exact) mass is 251 g/mol. The molecule has 0 aliphatic carbocycles. The maximum Gasteiger partial charge on any atom is 0.309 e. The Kier molecular flexibility index (Phi) is 3.63. The maximum atomic E-state index is 11.3. The minimum atomic E-state index is -0.202. The maximum absolute atomic E-state index is 11.3. The van der Waals surface area contributed by atoms with Gasteiger partial charge in [0, 0.05) is 11.9 Å². The molecule has 2 aromatic rings. The van der Waals surface area contributed by atoms with E-state index >= 15 is 0 Å². The normalized spacial score (nSPS) is 12.6. The molecule has 17 heavy (non-hydrogen) atoms. The van der Waals surface area contributed by atoms with Gasteiger partial charge >= 0.3 is 5.97 Å². The molecule has 0 aromatic carbocycles. The van der Waals surface area contributed by atoms with Crippen LogP contribution in [0.25, 0.3) is 5.65 Å². The summed E-state index contributed by atoms with van der Waals surface area (Å²) in [6, 6.07) is 5.72. The molecular formula is C11H13N3O2S. The Hall–Kier alpha value is -1.56. The lowest BCUT2D eigenvalue weighted by Crippen LogP contribution is -2.14. The lowest BCUT2D eigenvalue weighted by molar-refractivity contribution is -0.143. The van der Waals surface area contributed by atoms with Crippen LogP contribution in [0.4, 0.5) is 0 Å². The second-order valence-electron chi connectivity index (χ2n) is 3.65. The summed E-state index contributed by atoms with van der Waals surface area (Å²) < 4.78 is 6.57. The topological polar surface area (TPSA) is 56.5 Å². The number of ether oxygens (including phenoxy) is 1. The second kappa shape index (κ2) is 5.18. The van der Waals surface area contributed by atoms with Gasteiger partial charge < -0.3 is 4.74 Å². The summed E-state index contributed by atoms with van der Waals surface area (Å²) in [5.74, 6) is 0.273. The van der Waals surface area contributed by atoms with Gasteiger partial charge in [-0.2, -0.15) is 0 Å². The third-order valence-corrected chi connectivity index (χ3v) is 3.55. The number of rotatable bonds is 4. The lowest BCUT2D eigenvalue weighted by Gasteiger charge is -2.07. The van der Waals surface area contributed by atoms with Crippen LogP contribution in [0.15, 0.2) is 29.6 Å². The summed E-state index contributed by atoms with van der Waals surface area (Å²) in [7, 11) is 1.40. The smallest absolute Gasteiger partial charge is 0.309 e. The Bertz CT molecular complexity index is 526. The molecule has 0 saturated carbocycles. The molecule has 1 atom stereocenters. The Morgan fingerprint density at radius 2 is 2.35 bits per heavy atom. The molecule has 0 fully saturated rings. The van der Waals surface area contributed by atoms with Crippen molar-refractivity contribution in [3.8, 4) is 0 Å². The predicted octanol–water partition coefficient (Wildman–Crippen LogP) is 1.63. The summed E-state index contributed by atoms with van der Waals surface area (Å²) in [6.45, 7) is 1.84. The van der Waals surface area contributed by atoms with Gasteiger partial charge in [0.05, 0.1) is 13.0 Å². The molecule has 0 aliphatic rings. The van der Waals surface area contributed by atoms with Crippen molar-refractivity contribution in [1.82, 2.24) is 14.6 Å². The van der Waals surface area contributed by atoms with Crippen molar-refractivity contribution in [3.63, 3.8) is 0 Å². The zero-order valence-electron chi connectivity index (χ0n) is 9.66. The van der Waals surface area contributed by atoms with Crippen molar-refractivity contribution in [1.29, 1.82) is 0 Å². The van der Waals surface area contributed by atoms with E-state index in [0.717, 1.165) is 10.8 Å². The fourth-order valence-electron chi connectivity index (χ4n) is 1.39. The van der Waals surface area contributed by atoms with Crippen molar-refractivity contribution in [3.05, 3.63) is 24.4 Å². The van der Waals surface area contributed by atoms with Crippen LogP contribution in [0.2, 0.25) is 0 Å². The molecule has 0 radical (unpaired) electrons. The number of carbonyl (C=O) groups is 1. The summed E-state index contributed by atoms with van der Waals surface area (Å²) in [4.78, 5) is 11.3. The number of pyridine rings is 1. The molecule has 2 aromatic heterocycles. The minimum absolute atomic E-state index is 0.152. The zero-order chi connectivity index (χ0) is 12.3. The first-order valence-electron chi connectivity index (χ1n) is 5.22. The van der Waals surface area contributed by atoms with Crippen molar-refractivity contribution in [2.75, 3.05) is 12.9 Å². The fourth-order valence-corrected chi connectivity index (χ4v) is 2.31. The zero-order valence-corrected chi connectivity index (χ0v) is 10.5. The minimum Gasteiger partial charge on any atom is -0.469 e. The summed E-state index contributed by atoms with van der Waals surface area (Å²) >= 11 is 1.50. The number of aromatic nitrogens is 3. The molecular weight excluding hydrogens is 238 g/mol. The number of nitrogens with zero attached hydrogens (tertiary/aromatic N) is 3. The molecule has 0 spiro atoms. The highest BCUT2D eigenvalue weighted by Gasteiger charge is 2.15. The van der Waals surface area contributed by atoms with Crippen LogP contribution >= 0.6 is 11.8 Å². The van der Waals surface area contributed by atoms with Crippen LogP contribution in [-0.4, -0.2) is 33.4 Å². The molecule has 1 unspecified atom stereocenters. The number of methoxy groups -OCH3 is 1. The van der Waals surface area contributed by atoms with Crippen molar-refractivity contribution in [2.24, 2.45) is 5.92 Å². The van der Waals surface area contributed by atoms with Crippen LogP contribution in [0, 0.1) is 5.92 Å². The van der Waals surface area contributed by atoms with Crippen molar-refractivity contribution in [2.45, 2.75) is 12.1 Å². The van der Waals surface area contributed by atoms with E-state index in [2.05, 4.69) is 14.9 Å². The fraction of sp³-hybridized carbons (Fsp3) is 0.364. The quantitative estimate of drug-likeness (QED) is 0.610. The number of hydrogen-bond acceptors (Lipinski definition) is 5. The molecule has 6 heteroatoms. The number of fused-ring (bicyclic) bond motifs is 1. The van der Waals surface area contributed by atoms with E-state index in [4.69, 9.17) is 0 Å². The third kappa shape index (κ3) is 2.58. The van der Waals surface area contributed by atoms with Gasteiger partial charge in [0.2, 0.25) is 0 Å². The average molecular weight is 251 g/mol. The summed E-state index contributed by atoms with van der Waals surface area (Å²) in [5.41, 5.74) is 0.806.